The molecule has 1 saturated carbocycles. The van der Waals surface area contributed by atoms with Crippen LogP contribution in [-0.4, -0.2) is 49.3 Å². The van der Waals surface area contributed by atoms with Crippen LogP contribution in [0.2, 0.25) is 0 Å². The third-order valence-electron chi connectivity index (χ3n) is 5.75. The molecular weight excluding hydrogens is 316 g/mol. The summed E-state index contributed by atoms with van der Waals surface area (Å²) in [5, 5.41) is 7.63. The van der Waals surface area contributed by atoms with Gasteiger partial charge in [0.15, 0.2) is 0 Å². The van der Waals surface area contributed by atoms with E-state index in [2.05, 4.69) is 31.8 Å². The molecular formula is C18H26N6O. The van der Waals surface area contributed by atoms with Crippen LogP contribution in [0.4, 0.5) is 0 Å². The molecule has 4 rings (SSSR count). The van der Waals surface area contributed by atoms with Crippen molar-refractivity contribution in [1.82, 2.24) is 29.5 Å². The van der Waals surface area contributed by atoms with Crippen LogP contribution < -0.4 is 5.32 Å². The second-order valence-corrected chi connectivity index (χ2v) is 7.19. The first-order chi connectivity index (χ1) is 12.2. The van der Waals surface area contributed by atoms with E-state index in [1.54, 1.807) is 10.9 Å². The number of piperidine rings is 1. The Morgan fingerprint density at radius 3 is 2.92 bits per heavy atom. The van der Waals surface area contributed by atoms with Crippen molar-refractivity contribution < 1.29 is 4.79 Å². The fourth-order valence-corrected chi connectivity index (χ4v) is 4.16. The summed E-state index contributed by atoms with van der Waals surface area (Å²) in [4.78, 5) is 19.6. The third-order valence-corrected chi connectivity index (χ3v) is 5.75. The van der Waals surface area contributed by atoms with Gasteiger partial charge in [-0.25, -0.2) is 4.98 Å². The molecule has 7 nitrogen and oxygen atoms in total. The maximum absolute atomic E-state index is 13.1. The average Bonchev–Trinajstić information content (AvgIpc) is 3.02. The van der Waals surface area contributed by atoms with Gasteiger partial charge in [0.1, 0.15) is 12.4 Å². The lowest BCUT2D eigenvalue weighted by Crippen LogP contribution is -2.41. The Hall–Kier alpha value is -2.15. The standard InChI is InChI=1S/C18H26N6O/c1-2-22-11-9-20-16(22)13-24(17(25)14-23-10-3-6-21-23)15-12-18(15)4-7-19-8-5-18/h3,6,9-11,15,19H,2,4-5,7-8,12-14H2,1H3. The highest BCUT2D eigenvalue weighted by molar-refractivity contribution is 5.76. The quantitative estimate of drug-likeness (QED) is 0.858. The van der Waals surface area contributed by atoms with Gasteiger partial charge in [0.25, 0.3) is 0 Å². The van der Waals surface area contributed by atoms with Crippen molar-refractivity contribution >= 4 is 5.91 Å². The Morgan fingerprint density at radius 2 is 2.20 bits per heavy atom. The summed E-state index contributed by atoms with van der Waals surface area (Å²) in [6.45, 7) is 5.97. The first-order valence-corrected chi connectivity index (χ1v) is 9.19. The fourth-order valence-electron chi connectivity index (χ4n) is 4.16. The number of carbonyl (C=O) groups excluding carboxylic acids is 1. The van der Waals surface area contributed by atoms with Crippen LogP contribution in [0.3, 0.4) is 0 Å². The average molecular weight is 342 g/mol. The van der Waals surface area contributed by atoms with Gasteiger partial charge < -0.3 is 14.8 Å². The van der Waals surface area contributed by atoms with E-state index in [0.717, 1.165) is 44.7 Å². The van der Waals surface area contributed by atoms with Gasteiger partial charge in [-0.2, -0.15) is 5.10 Å². The molecule has 2 aliphatic rings. The molecule has 7 heteroatoms. The SMILES string of the molecule is CCn1ccnc1CN(C(=O)Cn1cccn1)C1CC12CCNCC2. The number of nitrogens with one attached hydrogen (secondary N) is 1. The Kier molecular flexibility index (Phi) is 4.33. The van der Waals surface area contributed by atoms with Crippen molar-refractivity contribution in [2.45, 2.75) is 51.9 Å². The molecule has 1 amide bonds. The molecule has 1 unspecified atom stereocenters. The summed E-state index contributed by atoms with van der Waals surface area (Å²) in [5.41, 5.74) is 0.314. The van der Waals surface area contributed by atoms with Crippen molar-refractivity contribution in [2.75, 3.05) is 13.1 Å². The predicted molar refractivity (Wildman–Crippen MR) is 93.6 cm³/mol. The minimum atomic E-state index is 0.134. The molecule has 2 fully saturated rings. The molecule has 1 saturated heterocycles. The van der Waals surface area contributed by atoms with Crippen LogP contribution in [0.1, 0.15) is 32.0 Å². The number of amides is 1. The van der Waals surface area contributed by atoms with Crippen molar-refractivity contribution in [3.05, 3.63) is 36.7 Å². The highest BCUT2D eigenvalue weighted by atomic mass is 16.2. The Balaban J connectivity index is 1.54. The summed E-state index contributed by atoms with van der Waals surface area (Å²) in [6, 6.07) is 2.19. The molecule has 0 aromatic carbocycles. The van der Waals surface area contributed by atoms with E-state index < -0.39 is 0 Å². The lowest BCUT2D eigenvalue weighted by atomic mass is 9.93. The zero-order valence-electron chi connectivity index (χ0n) is 14.8. The normalized spacial score (nSPS) is 21.4. The Labute approximate surface area is 148 Å². The van der Waals surface area contributed by atoms with Gasteiger partial charge >= 0.3 is 0 Å². The van der Waals surface area contributed by atoms with Crippen molar-refractivity contribution in [3.8, 4) is 0 Å². The zero-order chi connectivity index (χ0) is 17.3. The van der Waals surface area contributed by atoms with Crippen LogP contribution >= 0.6 is 0 Å². The molecule has 1 atom stereocenters. The third kappa shape index (κ3) is 3.20. The largest absolute Gasteiger partial charge is 0.334 e. The Morgan fingerprint density at radius 1 is 1.36 bits per heavy atom. The van der Waals surface area contributed by atoms with E-state index in [1.807, 2.05) is 24.7 Å². The van der Waals surface area contributed by atoms with Gasteiger partial charge in [0.05, 0.1) is 6.54 Å². The van der Waals surface area contributed by atoms with Crippen LogP contribution in [0, 0.1) is 5.41 Å². The van der Waals surface area contributed by atoms with Gasteiger partial charge in [-0.3, -0.25) is 9.48 Å². The number of nitrogens with zero attached hydrogens (tertiary/aromatic N) is 5. The monoisotopic (exact) mass is 342 g/mol. The topological polar surface area (TPSA) is 68.0 Å². The van der Waals surface area contributed by atoms with Gasteiger partial charge in [-0.05, 0) is 50.8 Å². The summed E-state index contributed by atoms with van der Waals surface area (Å²) >= 11 is 0. The number of imidazole rings is 1. The van der Waals surface area contributed by atoms with Gasteiger partial charge in [0.2, 0.25) is 5.91 Å². The maximum atomic E-state index is 13.1. The number of rotatable bonds is 6. The van der Waals surface area contributed by atoms with Crippen LogP contribution in [0.5, 0.6) is 0 Å². The lowest BCUT2D eigenvalue weighted by molar-refractivity contribution is -0.134. The summed E-state index contributed by atoms with van der Waals surface area (Å²) in [6.07, 6.45) is 10.8. The molecule has 2 aromatic heterocycles. The van der Waals surface area contributed by atoms with E-state index in [0.29, 0.717) is 24.5 Å². The fraction of sp³-hybridized carbons (Fsp3) is 0.611. The predicted octanol–water partition coefficient (Wildman–Crippen LogP) is 1.27. The van der Waals surface area contributed by atoms with E-state index >= 15 is 0 Å². The first kappa shape index (κ1) is 16.3. The molecule has 25 heavy (non-hydrogen) atoms. The lowest BCUT2D eigenvalue weighted by Gasteiger charge is -2.29. The van der Waals surface area contributed by atoms with E-state index in [4.69, 9.17) is 0 Å². The number of aryl methyl sites for hydroxylation is 1. The Bertz CT molecular complexity index is 716. The minimum Gasteiger partial charge on any atom is -0.334 e. The van der Waals surface area contributed by atoms with Gasteiger partial charge in [-0.15, -0.1) is 0 Å². The zero-order valence-corrected chi connectivity index (χ0v) is 14.8. The molecule has 1 aliphatic carbocycles. The van der Waals surface area contributed by atoms with Crippen LogP contribution in [0.25, 0.3) is 0 Å². The first-order valence-electron chi connectivity index (χ1n) is 9.19. The molecule has 1 N–H and O–H groups in total. The van der Waals surface area contributed by atoms with Crippen molar-refractivity contribution in [3.63, 3.8) is 0 Å². The van der Waals surface area contributed by atoms with Crippen molar-refractivity contribution in [1.29, 1.82) is 0 Å². The summed E-state index contributed by atoms with van der Waals surface area (Å²) in [7, 11) is 0. The number of hydrogen-bond donors (Lipinski definition) is 1. The van der Waals surface area contributed by atoms with Crippen LogP contribution in [-0.2, 0) is 24.4 Å². The van der Waals surface area contributed by atoms with E-state index in [1.165, 1.54) is 0 Å². The van der Waals surface area contributed by atoms with Crippen molar-refractivity contribution in [2.24, 2.45) is 5.41 Å². The second kappa shape index (κ2) is 6.63. The summed E-state index contributed by atoms with van der Waals surface area (Å²) < 4.78 is 3.82. The number of aromatic nitrogens is 4. The number of hydrogen-bond acceptors (Lipinski definition) is 4. The van der Waals surface area contributed by atoms with Gasteiger partial charge in [0, 0.05) is 37.4 Å². The molecule has 1 spiro atoms. The maximum Gasteiger partial charge on any atom is 0.244 e. The van der Waals surface area contributed by atoms with E-state index in [9.17, 15) is 4.79 Å². The molecule has 2 aromatic rings. The highest BCUT2D eigenvalue weighted by Crippen LogP contribution is 2.56. The summed E-state index contributed by atoms with van der Waals surface area (Å²) in [5.74, 6) is 1.10. The highest BCUT2D eigenvalue weighted by Gasteiger charge is 2.57. The molecule has 3 heterocycles. The molecule has 0 bridgehead atoms. The van der Waals surface area contributed by atoms with E-state index in [-0.39, 0.29) is 5.91 Å². The molecule has 1 aliphatic heterocycles. The molecule has 134 valence electrons. The van der Waals surface area contributed by atoms with Gasteiger partial charge in [-0.1, -0.05) is 0 Å². The smallest absolute Gasteiger partial charge is 0.244 e. The number of carbonyl (C=O) groups is 1. The van der Waals surface area contributed by atoms with Crippen LogP contribution in [0.15, 0.2) is 30.9 Å². The minimum absolute atomic E-state index is 0.134. The second-order valence-electron chi connectivity index (χ2n) is 7.19. The molecule has 0 radical (unpaired) electrons.